The summed E-state index contributed by atoms with van der Waals surface area (Å²) in [4.78, 5) is -0.0828. The van der Waals surface area contributed by atoms with E-state index in [1.165, 1.54) is 19.2 Å². The van der Waals surface area contributed by atoms with E-state index < -0.39 is 16.1 Å². The van der Waals surface area contributed by atoms with Crippen LogP contribution >= 0.6 is 23.2 Å². The molecule has 4 nitrogen and oxygen atoms in total. The number of methoxy groups -OCH3 is 1. The summed E-state index contributed by atoms with van der Waals surface area (Å²) in [7, 11) is -2.48. The van der Waals surface area contributed by atoms with Crippen molar-refractivity contribution in [1.82, 2.24) is 4.72 Å². The van der Waals surface area contributed by atoms with Crippen molar-refractivity contribution in [3.05, 3.63) is 82.3 Å². The number of benzene rings is 3. The minimum atomic E-state index is -3.92. The minimum Gasteiger partial charge on any atom is -0.495 e. The molecule has 7 heteroatoms. The van der Waals surface area contributed by atoms with Crippen LogP contribution in [-0.4, -0.2) is 15.5 Å². The number of rotatable bonds is 7. The van der Waals surface area contributed by atoms with Crippen molar-refractivity contribution in [1.29, 1.82) is 0 Å². The van der Waals surface area contributed by atoms with Crippen LogP contribution in [0.2, 0.25) is 10.0 Å². The summed E-state index contributed by atoms with van der Waals surface area (Å²) < 4.78 is 34.1. The molecule has 0 spiro atoms. The van der Waals surface area contributed by atoms with Gasteiger partial charge in [-0.3, -0.25) is 0 Å². The summed E-state index contributed by atoms with van der Waals surface area (Å²) in [5.41, 5.74) is 2.88. The molecule has 0 aliphatic carbocycles. The molecule has 152 valence electrons. The molecular weight excluding hydrogens is 429 g/mol. The maximum absolute atomic E-state index is 13.1. The summed E-state index contributed by atoms with van der Waals surface area (Å²) in [5, 5.41) is -0.000472. The Labute approximate surface area is 181 Å². The number of nitrogens with one attached hydrogen (secondary N) is 1. The molecule has 0 saturated carbocycles. The van der Waals surface area contributed by atoms with Crippen LogP contribution < -0.4 is 9.46 Å². The number of halogens is 2. The molecule has 0 heterocycles. The summed E-state index contributed by atoms with van der Waals surface area (Å²) in [5.74, 6) is 0.317. The third-order valence-corrected chi connectivity index (χ3v) is 7.14. The lowest BCUT2D eigenvalue weighted by molar-refractivity contribution is 0.414. The molecule has 29 heavy (non-hydrogen) atoms. The Hall–Kier alpha value is -2.05. The first-order valence-electron chi connectivity index (χ1n) is 9.07. The second-order valence-corrected chi connectivity index (χ2v) is 8.87. The van der Waals surface area contributed by atoms with E-state index in [-0.39, 0.29) is 14.9 Å². The van der Waals surface area contributed by atoms with Gasteiger partial charge in [0.25, 0.3) is 0 Å². The Morgan fingerprint density at radius 1 is 0.931 bits per heavy atom. The fourth-order valence-corrected chi connectivity index (χ4v) is 5.32. The van der Waals surface area contributed by atoms with Crippen LogP contribution in [0, 0.1) is 0 Å². The number of sulfonamides is 1. The largest absolute Gasteiger partial charge is 0.495 e. The Morgan fingerprint density at radius 2 is 1.59 bits per heavy atom. The average molecular weight is 450 g/mol. The first-order valence-corrected chi connectivity index (χ1v) is 11.3. The SMILES string of the molecule is CCC(NS(=O)(=O)c1ccc(OC)c(Cl)c1Cl)c1ccccc1-c1ccccc1. The molecule has 1 N–H and O–H groups in total. The highest BCUT2D eigenvalue weighted by molar-refractivity contribution is 7.89. The van der Waals surface area contributed by atoms with E-state index in [0.29, 0.717) is 12.2 Å². The molecule has 0 amide bonds. The lowest BCUT2D eigenvalue weighted by Crippen LogP contribution is -2.29. The van der Waals surface area contributed by atoms with E-state index in [2.05, 4.69) is 4.72 Å². The van der Waals surface area contributed by atoms with Crippen molar-refractivity contribution in [2.75, 3.05) is 7.11 Å². The molecule has 0 aliphatic rings. The van der Waals surface area contributed by atoms with Gasteiger partial charge < -0.3 is 4.74 Å². The Kier molecular flexibility index (Phi) is 6.85. The fraction of sp³-hybridized carbons (Fsp3) is 0.182. The highest BCUT2D eigenvalue weighted by atomic mass is 35.5. The van der Waals surface area contributed by atoms with Gasteiger partial charge in [-0.15, -0.1) is 0 Å². The third kappa shape index (κ3) is 4.59. The van der Waals surface area contributed by atoms with Crippen molar-refractivity contribution in [2.24, 2.45) is 0 Å². The zero-order valence-corrected chi connectivity index (χ0v) is 18.4. The van der Waals surface area contributed by atoms with Crippen LogP contribution in [0.3, 0.4) is 0 Å². The average Bonchev–Trinajstić information content (AvgIpc) is 2.74. The first-order chi connectivity index (χ1) is 13.9. The predicted octanol–water partition coefficient (Wildman–Crippen LogP) is 6.10. The molecule has 0 saturated heterocycles. The van der Waals surface area contributed by atoms with Crippen LogP contribution in [0.25, 0.3) is 11.1 Å². The standard InChI is InChI=1S/C22H21Cl2NO3S/c1-3-18(17-12-8-7-11-16(17)15-9-5-4-6-10-15)25-29(26,27)20-14-13-19(28-2)21(23)22(20)24/h4-14,18,25H,3H2,1-2H3. The van der Waals surface area contributed by atoms with E-state index in [1.54, 1.807) is 0 Å². The van der Waals surface area contributed by atoms with Gasteiger partial charge in [0.1, 0.15) is 15.7 Å². The van der Waals surface area contributed by atoms with Gasteiger partial charge in [0.05, 0.1) is 12.1 Å². The lowest BCUT2D eigenvalue weighted by atomic mass is 9.94. The molecule has 3 aromatic rings. The zero-order chi connectivity index (χ0) is 21.0. The molecule has 0 fully saturated rings. The molecule has 1 unspecified atom stereocenters. The van der Waals surface area contributed by atoms with Gasteiger partial charge in [-0.2, -0.15) is 0 Å². The van der Waals surface area contributed by atoms with Gasteiger partial charge in [-0.05, 0) is 35.2 Å². The van der Waals surface area contributed by atoms with Crippen molar-refractivity contribution in [3.8, 4) is 16.9 Å². The number of ether oxygens (including phenoxy) is 1. The summed E-state index contributed by atoms with van der Waals surface area (Å²) in [6.07, 6.45) is 0.560. The molecule has 0 bridgehead atoms. The topological polar surface area (TPSA) is 55.4 Å². The van der Waals surface area contributed by atoms with Crippen LogP contribution in [-0.2, 0) is 10.0 Å². The fourth-order valence-electron chi connectivity index (χ4n) is 3.18. The van der Waals surface area contributed by atoms with E-state index in [1.807, 2.05) is 61.5 Å². The second kappa shape index (κ2) is 9.18. The smallest absolute Gasteiger partial charge is 0.242 e. The minimum absolute atomic E-state index is 0.0646. The monoisotopic (exact) mass is 449 g/mol. The van der Waals surface area contributed by atoms with E-state index in [0.717, 1.165) is 16.7 Å². The van der Waals surface area contributed by atoms with Gasteiger partial charge in [0.15, 0.2) is 0 Å². The van der Waals surface area contributed by atoms with Gasteiger partial charge in [-0.25, -0.2) is 13.1 Å². The van der Waals surface area contributed by atoms with Gasteiger partial charge in [0.2, 0.25) is 10.0 Å². The Balaban J connectivity index is 2.01. The van der Waals surface area contributed by atoms with Gasteiger partial charge in [-0.1, -0.05) is 84.7 Å². The van der Waals surface area contributed by atoms with E-state index in [9.17, 15) is 8.42 Å². The van der Waals surface area contributed by atoms with Gasteiger partial charge in [0, 0.05) is 6.04 Å². The van der Waals surface area contributed by atoms with E-state index >= 15 is 0 Å². The lowest BCUT2D eigenvalue weighted by Gasteiger charge is -2.21. The molecular formula is C22H21Cl2NO3S. The van der Waals surface area contributed by atoms with Crippen LogP contribution in [0.1, 0.15) is 24.9 Å². The molecule has 3 aromatic carbocycles. The Bertz CT molecular complexity index is 1100. The van der Waals surface area contributed by atoms with Gasteiger partial charge >= 0.3 is 0 Å². The summed E-state index contributed by atoms with van der Waals surface area (Å²) in [6.45, 7) is 1.93. The second-order valence-electron chi connectivity index (χ2n) is 6.43. The van der Waals surface area contributed by atoms with Crippen molar-refractivity contribution < 1.29 is 13.2 Å². The summed E-state index contributed by atoms with van der Waals surface area (Å²) in [6, 6.07) is 20.1. The highest BCUT2D eigenvalue weighted by Gasteiger charge is 2.26. The quantitative estimate of drug-likeness (QED) is 0.473. The van der Waals surface area contributed by atoms with Crippen LogP contribution in [0.5, 0.6) is 5.75 Å². The zero-order valence-electron chi connectivity index (χ0n) is 16.0. The predicted molar refractivity (Wildman–Crippen MR) is 118 cm³/mol. The molecule has 0 aromatic heterocycles. The van der Waals surface area contributed by atoms with Crippen LogP contribution in [0.15, 0.2) is 71.6 Å². The Morgan fingerprint density at radius 3 is 2.24 bits per heavy atom. The number of hydrogen-bond donors (Lipinski definition) is 1. The highest BCUT2D eigenvalue weighted by Crippen LogP contribution is 2.37. The number of hydrogen-bond acceptors (Lipinski definition) is 3. The van der Waals surface area contributed by atoms with Crippen molar-refractivity contribution in [3.63, 3.8) is 0 Å². The van der Waals surface area contributed by atoms with Crippen molar-refractivity contribution in [2.45, 2.75) is 24.3 Å². The molecule has 1 atom stereocenters. The third-order valence-electron chi connectivity index (χ3n) is 4.65. The van der Waals surface area contributed by atoms with E-state index in [4.69, 9.17) is 27.9 Å². The molecule has 0 radical (unpaired) electrons. The normalized spacial score (nSPS) is 12.6. The molecule has 0 aliphatic heterocycles. The first kappa shape index (κ1) is 21.7. The summed E-state index contributed by atoms with van der Waals surface area (Å²) >= 11 is 12.4. The maximum atomic E-state index is 13.1. The molecule has 3 rings (SSSR count). The van der Waals surface area contributed by atoms with Crippen LogP contribution in [0.4, 0.5) is 0 Å². The van der Waals surface area contributed by atoms with Crippen molar-refractivity contribution >= 4 is 33.2 Å². The maximum Gasteiger partial charge on any atom is 0.242 e.